The molecule has 0 radical (unpaired) electrons. The molecule has 2 amide bonds. The van der Waals surface area contributed by atoms with Crippen molar-refractivity contribution >= 4 is 34.0 Å². The van der Waals surface area contributed by atoms with Gasteiger partial charge in [-0.05, 0) is 68.1 Å². The molecule has 0 unspecified atom stereocenters. The lowest BCUT2D eigenvalue weighted by molar-refractivity contribution is 0.122. The van der Waals surface area contributed by atoms with Crippen LogP contribution in [-0.4, -0.2) is 73.4 Å². The Bertz CT molecular complexity index is 1200. The number of morpholine rings is 1. The van der Waals surface area contributed by atoms with Gasteiger partial charge in [0.15, 0.2) is 0 Å². The fourth-order valence-corrected chi connectivity index (χ4v) is 5.70. The van der Waals surface area contributed by atoms with E-state index in [1.165, 1.54) is 24.2 Å². The quantitative estimate of drug-likeness (QED) is 0.586. The van der Waals surface area contributed by atoms with Crippen molar-refractivity contribution in [1.29, 1.82) is 0 Å². The van der Waals surface area contributed by atoms with Crippen molar-refractivity contribution in [3.63, 3.8) is 0 Å². The van der Waals surface area contributed by atoms with E-state index < -0.39 is 0 Å². The highest BCUT2D eigenvalue weighted by molar-refractivity contribution is 5.89. The van der Waals surface area contributed by atoms with E-state index in [0.29, 0.717) is 5.92 Å². The predicted molar refractivity (Wildman–Crippen MR) is 143 cm³/mol. The number of hydrogen-bond donors (Lipinski definition) is 1. The zero-order chi connectivity index (χ0) is 24.3. The smallest absolute Gasteiger partial charge is 0.321 e. The maximum atomic E-state index is 12.9. The van der Waals surface area contributed by atoms with Gasteiger partial charge in [0.05, 0.1) is 24.4 Å². The molecular weight excluding hydrogens is 452 g/mol. The monoisotopic (exact) mass is 486 g/mol. The highest BCUT2D eigenvalue weighted by atomic mass is 16.5. The first-order valence-electron chi connectivity index (χ1n) is 13.2. The number of aromatic nitrogens is 2. The van der Waals surface area contributed by atoms with Crippen LogP contribution in [0.4, 0.5) is 21.9 Å². The molecule has 0 spiro atoms. The zero-order valence-electron chi connectivity index (χ0n) is 20.7. The van der Waals surface area contributed by atoms with Crippen LogP contribution in [0.25, 0.3) is 10.9 Å². The minimum Gasteiger partial charge on any atom is -0.378 e. The second-order valence-electron chi connectivity index (χ2n) is 9.99. The highest BCUT2D eigenvalue weighted by Crippen LogP contribution is 2.33. The number of nitrogens with zero attached hydrogens (tertiary/aromatic N) is 5. The predicted octanol–water partition coefficient (Wildman–Crippen LogP) is 4.48. The number of nitrogens with one attached hydrogen (secondary N) is 1. The van der Waals surface area contributed by atoms with Crippen molar-refractivity contribution in [2.24, 2.45) is 0 Å². The number of anilines is 3. The van der Waals surface area contributed by atoms with E-state index in [2.05, 4.69) is 55.4 Å². The van der Waals surface area contributed by atoms with Crippen molar-refractivity contribution in [3.8, 4) is 0 Å². The van der Waals surface area contributed by atoms with E-state index in [1.807, 2.05) is 17.0 Å². The number of carbonyl (C=O) groups excluding carboxylic acids is 1. The number of likely N-dealkylation sites (tertiary alicyclic amines) is 1. The minimum atomic E-state index is -0.0321. The molecule has 4 heterocycles. The van der Waals surface area contributed by atoms with E-state index in [1.54, 1.807) is 6.33 Å². The van der Waals surface area contributed by atoms with Gasteiger partial charge in [-0.1, -0.05) is 0 Å². The van der Waals surface area contributed by atoms with Crippen LogP contribution in [0.3, 0.4) is 0 Å². The Morgan fingerprint density at radius 2 is 1.53 bits per heavy atom. The Labute approximate surface area is 212 Å². The standard InChI is InChI=1S/C28H34N6O2/c35-28(31-22-3-5-23(6-4-22)33-15-17-36-18-16-33)34-13-9-21(10-14-34)27-25-8-7-24(32-11-1-2-12-32)19-26(25)29-20-30-27/h3-8,19-21H,1-2,9-18H2,(H,31,35). The Kier molecular flexibility index (Phi) is 6.59. The molecule has 3 aliphatic rings. The lowest BCUT2D eigenvalue weighted by Gasteiger charge is -2.32. The number of piperidine rings is 1. The van der Waals surface area contributed by atoms with Gasteiger partial charge in [0.25, 0.3) is 0 Å². The fourth-order valence-electron chi connectivity index (χ4n) is 5.70. The normalized spacial score (nSPS) is 19.2. The van der Waals surface area contributed by atoms with Crippen LogP contribution in [0.1, 0.15) is 37.3 Å². The summed E-state index contributed by atoms with van der Waals surface area (Å²) in [4.78, 5) is 28.9. The molecule has 3 saturated heterocycles. The first kappa shape index (κ1) is 23.0. The molecule has 3 fully saturated rings. The first-order chi connectivity index (χ1) is 17.7. The molecule has 6 rings (SSSR count). The molecular formula is C28H34N6O2. The average molecular weight is 487 g/mol. The van der Waals surface area contributed by atoms with Crippen LogP contribution < -0.4 is 15.1 Å². The van der Waals surface area contributed by atoms with E-state index in [4.69, 9.17) is 4.74 Å². The number of benzene rings is 2. The number of hydrogen-bond acceptors (Lipinski definition) is 6. The number of urea groups is 1. The van der Waals surface area contributed by atoms with Crippen LogP contribution in [0.5, 0.6) is 0 Å². The summed E-state index contributed by atoms with van der Waals surface area (Å²) in [6, 6.07) is 14.7. The minimum absolute atomic E-state index is 0.0321. The second-order valence-corrected chi connectivity index (χ2v) is 9.99. The molecule has 0 atom stereocenters. The van der Waals surface area contributed by atoms with Crippen LogP contribution in [0.2, 0.25) is 0 Å². The summed E-state index contributed by atoms with van der Waals surface area (Å²) < 4.78 is 5.43. The molecule has 2 aromatic carbocycles. The molecule has 3 aliphatic heterocycles. The molecule has 0 aliphatic carbocycles. The Hall–Kier alpha value is -3.39. The number of carbonyl (C=O) groups is 1. The van der Waals surface area contributed by atoms with Crippen LogP contribution in [0, 0.1) is 0 Å². The molecule has 0 saturated carbocycles. The van der Waals surface area contributed by atoms with Gasteiger partial charge in [-0.25, -0.2) is 14.8 Å². The van der Waals surface area contributed by atoms with Crippen molar-refractivity contribution in [2.45, 2.75) is 31.6 Å². The summed E-state index contributed by atoms with van der Waals surface area (Å²) in [7, 11) is 0. The lowest BCUT2D eigenvalue weighted by Crippen LogP contribution is -2.40. The third-order valence-electron chi connectivity index (χ3n) is 7.79. The maximum Gasteiger partial charge on any atom is 0.321 e. The fraction of sp³-hybridized carbons (Fsp3) is 0.464. The van der Waals surface area contributed by atoms with E-state index in [9.17, 15) is 4.79 Å². The summed E-state index contributed by atoms with van der Waals surface area (Å²) in [5.74, 6) is 0.338. The van der Waals surface area contributed by atoms with Gasteiger partial charge in [-0.3, -0.25) is 0 Å². The van der Waals surface area contributed by atoms with Gasteiger partial charge in [-0.2, -0.15) is 0 Å². The van der Waals surface area contributed by atoms with Gasteiger partial charge in [-0.15, -0.1) is 0 Å². The molecule has 0 bridgehead atoms. The van der Waals surface area contributed by atoms with Crippen molar-refractivity contribution in [1.82, 2.24) is 14.9 Å². The highest BCUT2D eigenvalue weighted by Gasteiger charge is 2.26. The van der Waals surface area contributed by atoms with E-state index in [-0.39, 0.29) is 6.03 Å². The van der Waals surface area contributed by atoms with Crippen LogP contribution in [0.15, 0.2) is 48.8 Å². The first-order valence-corrected chi connectivity index (χ1v) is 13.2. The number of amides is 2. The van der Waals surface area contributed by atoms with Crippen molar-refractivity contribution in [2.75, 3.05) is 67.6 Å². The van der Waals surface area contributed by atoms with Crippen molar-refractivity contribution < 1.29 is 9.53 Å². The van der Waals surface area contributed by atoms with Crippen molar-refractivity contribution in [3.05, 3.63) is 54.5 Å². The number of rotatable bonds is 4. The maximum absolute atomic E-state index is 12.9. The molecule has 8 heteroatoms. The zero-order valence-corrected chi connectivity index (χ0v) is 20.7. The summed E-state index contributed by atoms with van der Waals surface area (Å²) >= 11 is 0. The third kappa shape index (κ3) is 4.82. The van der Waals surface area contributed by atoms with Gasteiger partial charge in [0.1, 0.15) is 6.33 Å². The summed E-state index contributed by atoms with van der Waals surface area (Å²) in [5.41, 5.74) is 5.39. The molecule has 3 aromatic rings. The Morgan fingerprint density at radius 3 is 2.28 bits per heavy atom. The largest absolute Gasteiger partial charge is 0.378 e. The van der Waals surface area contributed by atoms with Gasteiger partial charge < -0.3 is 24.8 Å². The van der Waals surface area contributed by atoms with Gasteiger partial charge >= 0.3 is 6.03 Å². The molecule has 188 valence electrons. The topological polar surface area (TPSA) is 73.8 Å². The average Bonchev–Trinajstić information content (AvgIpc) is 3.49. The molecule has 8 nitrogen and oxygen atoms in total. The second kappa shape index (κ2) is 10.3. The van der Waals surface area contributed by atoms with Gasteiger partial charge in [0, 0.05) is 67.6 Å². The van der Waals surface area contributed by atoms with Crippen LogP contribution in [-0.2, 0) is 4.74 Å². The van der Waals surface area contributed by atoms with Crippen LogP contribution >= 0.6 is 0 Å². The Balaban J connectivity index is 1.07. The third-order valence-corrected chi connectivity index (χ3v) is 7.79. The molecule has 1 aromatic heterocycles. The van der Waals surface area contributed by atoms with E-state index in [0.717, 1.165) is 87.6 Å². The molecule has 36 heavy (non-hydrogen) atoms. The SMILES string of the molecule is O=C(Nc1ccc(N2CCOCC2)cc1)N1CCC(c2ncnc3cc(N4CCCC4)ccc23)CC1. The molecule has 1 N–H and O–H groups in total. The van der Waals surface area contributed by atoms with E-state index >= 15 is 0 Å². The number of ether oxygens (including phenoxy) is 1. The van der Waals surface area contributed by atoms with Gasteiger partial charge in [0.2, 0.25) is 0 Å². The lowest BCUT2D eigenvalue weighted by atomic mass is 9.91. The Morgan fingerprint density at radius 1 is 0.833 bits per heavy atom. The number of fused-ring (bicyclic) bond motifs is 1. The summed E-state index contributed by atoms with van der Waals surface area (Å²) in [6.45, 7) is 7.03. The summed E-state index contributed by atoms with van der Waals surface area (Å²) in [6.07, 6.45) is 6.04. The summed E-state index contributed by atoms with van der Waals surface area (Å²) in [5, 5.41) is 4.21.